The van der Waals surface area contributed by atoms with Crippen LogP contribution in [0.3, 0.4) is 0 Å². The van der Waals surface area contributed by atoms with Crippen molar-refractivity contribution in [2.45, 2.75) is 0 Å². The number of rotatable bonds is 26. The van der Waals surface area contributed by atoms with E-state index in [1.54, 1.807) is 0 Å². The van der Waals surface area contributed by atoms with Gasteiger partial charge in [0.25, 0.3) is 0 Å². The minimum absolute atomic E-state index is 0. The Morgan fingerprint density at radius 3 is 0.418 bits per heavy atom. The van der Waals surface area contributed by atoms with Crippen LogP contribution in [0.1, 0.15) is 0 Å². The lowest BCUT2D eigenvalue weighted by molar-refractivity contribution is 0.172. The Hall–Kier alpha value is 0.570. The van der Waals surface area contributed by atoms with Crippen LogP contribution in [-0.4, -0.2) is 189 Å². The Balaban J connectivity index is -0.000000526. The van der Waals surface area contributed by atoms with Gasteiger partial charge in [0, 0.05) is 52.4 Å². The average Bonchev–Trinajstić information content (AvgIpc) is 2.75. The molecule has 0 aliphatic heterocycles. The molecule has 0 rings (SSSR count). The minimum atomic E-state index is -4.86. The van der Waals surface area contributed by atoms with Crippen molar-refractivity contribution in [3.63, 3.8) is 0 Å². The zero-order valence-electron chi connectivity index (χ0n) is 30.0. The summed E-state index contributed by atoms with van der Waals surface area (Å²) < 4.78 is 81.0. The van der Waals surface area contributed by atoms with Gasteiger partial charge < -0.3 is 112 Å². The van der Waals surface area contributed by atoms with Crippen molar-refractivity contribution in [1.82, 2.24) is 67.6 Å². The summed E-state index contributed by atoms with van der Waals surface area (Å²) in [5.74, 6) is 0. The maximum atomic E-state index is 11.8. The van der Waals surface area contributed by atoms with Crippen LogP contribution in [0, 0.1) is 0 Å². The van der Waals surface area contributed by atoms with Gasteiger partial charge in [-0.3, -0.25) is 56.5 Å². The molecular weight excluding hydrogens is 901 g/mol. The molecule has 346 valence electrons. The fourth-order valence-electron chi connectivity index (χ4n) is 4.09. The van der Waals surface area contributed by atoms with E-state index in [2.05, 4.69) is 0 Å². The van der Waals surface area contributed by atoms with Gasteiger partial charge in [0.15, 0.2) is 0 Å². The third-order valence-electron chi connectivity index (χ3n) is 5.62. The van der Waals surface area contributed by atoms with Gasteiger partial charge in [-0.25, -0.2) is 0 Å². The molecule has 40 heteroatoms. The summed E-state index contributed by atoms with van der Waals surface area (Å²) in [5.41, 5.74) is 0. The van der Waals surface area contributed by atoms with Gasteiger partial charge in [-0.15, -0.1) is 0 Å². The van der Waals surface area contributed by atoms with E-state index in [0.717, 1.165) is 14.7 Å². The first-order chi connectivity index (χ1) is 21.1. The van der Waals surface area contributed by atoms with E-state index in [-0.39, 0.29) is 43.1 Å². The van der Waals surface area contributed by atoms with Crippen molar-refractivity contribution in [1.29, 1.82) is 0 Å². The highest BCUT2D eigenvalue weighted by atomic mass is 31.2. The maximum Gasteiger partial charge on any atom is 0.339 e. The third kappa shape index (κ3) is 48.8. The molecular formula is C15H65N12O21P7. The normalized spacial score (nSPS) is 12.9. The van der Waals surface area contributed by atoms with Gasteiger partial charge >= 0.3 is 53.2 Å². The molecule has 0 saturated carbocycles. The van der Waals surface area contributed by atoms with Crippen molar-refractivity contribution >= 4 is 53.2 Å². The molecule has 0 aromatic rings. The molecule has 0 aromatic carbocycles. The SMILES string of the molecule is N.N.N.N.N.N.N.O=P(O)(O)CN(CCN(CCN(CP(=O)(O)O)CP(=O)(O)O)CP(=O)(O)O)CCN(CCN(CP(=O)(O)O)CP(=O)(O)O)CP(=O)(O)O. The second kappa shape index (κ2) is 29.7. The number of hydrogen-bond acceptors (Lipinski definition) is 19. The molecule has 0 bridgehead atoms. The van der Waals surface area contributed by atoms with Crippen LogP contribution in [0.25, 0.3) is 0 Å². The van der Waals surface area contributed by atoms with E-state index in [1.807, 2.05) is 0 Å². The molecule has 0 radical (unpaired) electrons. The van der Waals surface area contributed by atoms with E-state index >= 15 is 0 Å². The molecule has 33 nitrogen and oxygen atoms in total. The molecule has 0 aromatic heterocycles. The highest BCUT2D eigenvalue weighted by Crippen LogP contribution is 2.42. The summed E-state index contributed by atoms with van der Waals surface area (Å²) in [6.45, 7) is -3.65. The smallest absolute Gasteiger partial charge is 0.339 e. The van der Waals surface area contributed by atoms with Crippen LogP contribution in [0.15, 0.2) is 0 Å². The minimum Gasteiger partial charge on any atom is -0.344 e. The topological polar surface area (TPSA) is 664 Å². The standard InChI is InChI=1S/C15H44N5O21P7.7H3N/c21-42(22,23)9-16(1-3-17(10-43(24,25)26)5-7-19(12-45(30,31)32)13-46(33,34)35)2-4-18(11-44(27,28)29)6-8-20(14-47(36,37)38)15-48(39,40)41;;;;;;;/h1-15H2,(H2,21,22,23)(H2,24,25,26)(H2,27,28,29)(H2,30,31,32)(H2,33,34,35)(H2,36,37,38)(H2,39,40,41);7*1H3. The Labute approximate surface area is 317 Å². The second-order valence-corrected chi connectivity index (χ2v) is 22.1. The van der Waals surface area contributed by atoms with Crippen molar-refractivity contribution < 1.29 is 100 Å². The summed E-state index contributed by atoms with van der Waals surface area (Å²) in [6.07, 6.45) is -7.50. The molecule has 55 heavy (non-hydrogen) atoms. The van der Waals surface area contributed by atoms with Crippen LogP contribution in [0.4, 0.5) is 0 Å². The Morgan fingerprint density at radius 2 is 0.309 bits per heavy atom. The van der Waals surface area contributed by atoms with Gasteiger partial charge in [-0.2, -0.15) is 0 Å². The van der Waals surface area contributed by atoms with Crippen LogP contribution in [0.5, 0.6) is 0 Å². The fourth-order valence-corrected chi connectivity index (χ4v) is 9.86. The molecule has 0 aliphatic carbocycles. The summed E-state index contributed by atoms with van der Waals surface area (Å²) in [7, 11) is -34.0. The molecule has 0 saturated heterocycles. The quantitative estimate of drug-likeness (QED) is 0.0401. The first-order valence-corrected chi connectivity index (χ1v) is 25.6. The summed E-state index contributed by atoms with van der Waals surface area (Å²) in [4.78, 5) is 135. The first-order valence-electron chi connectivity index (χ1n) is 13.0. The van der Waals surface area contributed by atoms with Crippen LogP contribution >= 0.6 is 53.2 Å². The molecule has 0 heterocycles. The molecule has 0 aliphatic rings. The molecule has 0 amide bonds. The highest BCUT2D eigenvalue weighted by molar-refractivity contribution is 7.53. The van der Waals surface area contributed by atoms with Crippen molar-refractivity contribution in [2.24, 2.45) is 0 Å². The van der Waals surface area contributed by atoms with E-state index < -0.39 is 150 Å². The molecule has 35 N–H and O–H groups in total. The summed E-state index contributed by atoms with van der Waals surface area (Å²) >= 11 is 0. The van der Waals surface area contributed by atoms with Gasteiger partial charge in [-0.05, 0) is 0 Å². The third-order valence-corrected chi connectivity index (χ3v) is 11.0. The van der Waals surface area contributed by atoms with Gasteiger partial charge in [0.05, 0.1) is 0 Å². The molecule has 0 atom stereocenters. The molecule has 0 spiro atoms. The predicted octanol–water partition coefficient (Wildman–Crippen LogP) is -2.42. The van der Waals surface area contributed by atoms with Crippen LogP contribution in [-0.2, 0) is 32.0 Å². The number of hydrogen-bond donors (Lipinski definition) is 21. The average molecular weight is 967 g/mol. The predicted molar refractivity (Wildman–Crippen MR) is 202 cm³/mol. The van der Waals surface area contributed by atoms with E-state index in [4.69, 9.17) is 0 Å². The monoisotopic (exact) mass is 966 g/mol. The molecule has 0 unspecified atom stereocenters. The van der Waals surface area contributed by atoms with Gasteiger partial charge in [0.1, 0.15) is 44.0 Å². The van der Waals surface area contributed by atoms with Crippen molar-refractivity contribution in [3.05, 3.63) is 0 Å². The Morgan fingerprint density at radius 1 is 0.218 bits per heavy atom. The summed E-state index contributed by atoms with van der Waals surface area (Å²) in [5, 5.41) is 0. The lowest BCUT2D eigenvalue weighted by atomic mass is 10.4. The maximum absolute atomic E-state index is 11.8. The fraction of sp³-hybridized carbons (Fsp3) is 1.00. The first kappa shape index (κ1) is 73.1. The van der Waals surface area contributed by atoms with E-state index in [0.29, 0.717) is 9.80 Å². The summed E-state index contributed by atoms with van der Waals surface area (Å²) in [6, 6.07) is 0. The zero-order valence-corrected chi connectivity index (χ0v) is 36.3. The lowest BCUT2D eigenvalue weighted by Crippen LogP contribution is -2.44. The zero-order chi connectivity index (χ0) is 38.0. The van der Waals surface area contributed by atoms with Crippen LogP contribution < -0.4 is 43.1 Å². The van der Waals surface area contributed by atoms with Gasteiger partial charge in [-0.1, -0.05) is 0 Å². The Kier molecular flexibility index (Phi) is 39.5. The largest absolute Gasteiger partial charge is 0.344 e. The van der Waals surface area contributed by atoms with E-state index in [9.17, 15) is 100 Å². The second-order valence-electron chi connectivity index (χ2n) is 10.8. The van der Waals surface area contributed by atoms with Gasteiger partial charge in [0.2, 0.25) is 0 Å². The van der Waals surface area contributed by atoms with Crippen molar-refractivity contribution in [2.75, 3.05) is 96.4 Å². The number of nitrogens with zero attached hydrogens (tertiary/aromatic N) is 5. The Bertz CT molecular complexity index is 1210. The lowest BCUT2D eigenvalue weighted by Gasteiger charge is -2.32. The highest BCUT2D eigenvalue weighted by Gasteiger charge is 2.30. The van der Waals surface area contributed by atoms with Crippen LogP contribution in [0.2, 0.25) is 0 Å². The molecule has 0 fully saturated rings. The van der Waals surface area contributed by atoms with Crippen molar-refractivity contribution in [3.8, 4) is 0 Å². The van der Waals surface area contributed by atoms with E-state index in [1.165, 1.54) is 0 Å².